The summed E-state index contributed by atoms with van der Waals surface area (Å²) in [7, 11) is -3.25. The lowest BCUT2D eigenvalue weighted by atomic mass is 10.4. The highest BCUT2D eigenvalue weighted by Crippen LogP contribution is 2.20. The first kappa shape index (κ1) is 15.3. The Morgan fingerprint density at radius 2 is 1.85 bits per heavy atom. The topological polar surface area (TPSA) is 73.1 Å². The Balaban J connectivity index is 1.96. The number of halogens is 1. The third kappa shape index (κ3) is 4.22. The predicted octanol–water partition coefficient (Wildman–Crippen LogP) is 2.99. The van der Waals surface area contributed by atoms with Gasteiger partial charge in [-0.3, -0.25) is 0 Å². The molecule has 2 aromatic rings. The fraction of sp³-hybridized carbons (Fsp3) is 0.154. The van der Waals surface area contributed by atoms with Gasteiger partial charge >= 0.3 is 0 Å². The second-order valence-corrected chi connectivity index (χ2v) is 8.19. The van der Waals surface area contributed by atoms with Crippen molar-refractivity contribution in [1.82, 2.24) is 4.98 Å². The van der Waals surface area contributed by atoms with Crippen LogP contribution >= 0.6 is 27.7 Å². The van der Waals surface area contributed by atoms with Gasteiger partial charge in [0.05, 0.1) is 27.6 Å². The van der Waals surface area contributed by atoms with Crippen LogP contribution in [-0.2, 0) is 9.84 Å². The Morgan fingerprint density at radius 3 is 2.45 bits per heavy atom. The lowest BCUT2D eigenvalue weighted by Gasteiger charge is -2.04. The maximum absolute atomic E-state index is 12.1. The Kier molecular flexibility index (Phi) is 5.06. The highest BCUT2D eigenvalue weighted by molar-refractivity contribution is 9.10. The number of hydrogen-bond acceptors (Lipinski definition) is 5. The summed E-state index contributed by atoms with van der Waals surface area (Å²) in [4.78, 5) is 4.46. The summed E-state index contributed by atoms with van der Waals surface area (Å²) in [5.74, 6) is 0.528. The van der Waals surface area contributed by atoms with Crippen molar-refractivity contribution in [2.24, 2.45) is 0 Å². The molecule has 0 atom stereocenters. The first-order chi connectivity index (χ1) is 9.47. The zero-order chi connectivity index (χ0) is 14.6. The number of benzene rings is 1. The van der Waals surface area contributed by atoms with Crippen LogP contribution in [0.3, 0.4) is 0 Å². The van der Waals surface area contributed by atoms with Crippen molar-refractivity contribution in [2.45, 2.75) is 9.92 Å². The van der Waals surface area contributed by atoms with Gasteiger partial charge in [0.2, 0.25) is 0 Å². The van der Waals surface area contributed by atoms with E-state index in [-0.39, 0.29) is 5.75 Å². The molecule has 2 rings (SSSR count). The van der Waals surface area contributed by atoms with Crippen LogP contribution in [0.5, 0.6) is 0 Å². The molecule has 1 aromatic carbocycles. The second-order valence-electron chi connectivity index (χ2n) is 4.05. The molecule has 0 fully saturated rings. The number of hydrogen-bond donors (Lipinski definition) is 1. The van der Waals surface area contributed by atoms with E-state index < -0.39 is 9.84 Å². The van der Waals surface area contributed by atoms with E-state index >= 15 is 0 Å². The molecule has 0 bridgehead atoms. The fourth-order valence-corrected chi connectivity index (χ4v) is 4.26. The molecule has 4 nitrogen and oxygen atoms in total. The van der Waals surface area contributed by atoms with E-state index in [0.29, 0.717) is 16.3 Å². The molecule has 20 heavy (non-hydrogen) atoms. The molecule has 1 heterocycles. The minimum atomic E-state index is -3.25. The zero-order valence-corrected chi connectivity index (χ0v) is 13.7. The molecule has 106 valence electrons. The molecule has 0 aliphatic carbocycles. The van der Waals surface area contributed by atoms with E-state index in [1.807, 2.05) is 0 Å². The van der Waals surface area contributed by atoms with Crippen LogP contribution in [0.4, 0.5) is 5.69 Å². The number of aromatic nitrogens is 1. The molecule has 0 aliphatic rings. The predicted molar refractivity (Wildman–Crippen MR) is 85.6 cm³/mol. The van der Waals surface area contributed by atoms with Gasteiger partial charge in [-0.15, -0.1) is 11.8 Å². The largest absolute Gasteiger partial charge is 0.397 e. The molecular formula is C13H13BrN2O2S2. The number of anilines is 1. The van der Waals surface area contributed by atoms with Crippen LogP contribution in [-0.4, -0.2) is 24.9 Å². The average molecular weight is 373 g/mol. The van der Waals surface area contributed by atoms with Crippen molar-refractivity contribution in [3.05, 3.63) is 47.1 Å². The summed E-state index contributed by atoms with van der Waals surface area (Å²) in [6.45, 7) is 0. The number of pyridine rings is 1. The summed E-state index contributed by atoms with van der Waals surface area (Å²) in [6.07, 6.45) is 1.56. The van der Waals surface area contributed by atoms with Crippen molar-refractivity contribution >= 4 is 43.2 Å². The third-order valence-corrected chi connectivity index (χ3v) is 6.00. The molecular weight excluding hydrogens is 360 g/mol. The maximum Gasteiger partial charge on any atom is 0.179 e. The van der Waals surface area contributed by atoms with Crippen LogP contribution in [0.2, 0.25) is 0 Å². The van der Waals surface area contributed by atoms with Crippen molar-refractivity contribution in [3.63, 3.8) is 0 Å². The van der Waals surface area contributed by atoms with Crippen molar-refractivity contribution in [1.29, 1.82) is 0 Å². The number of nitrogens with zero attached hydrogens (tertiary/aromatic N) is 1. The Morgan fingerprint density at radius 1 is 1.15 bits per heavy atom. The summed E-state index contributed by atoms with van der Waals surface area (Å²) >= 11 is 4.68. The van der Waals surface area contributed by atoms with Gasteiger partial charge in [-0.25, -0.2) is 13.4 Å². The number of sulfone groups is 1. The van der Waals surface area contributed by atoms with Crippen molar-refractivity contribution in [3.8, 4) is 0 Å². The molecule has 7 heteroatoms. The molecule has 0 unspecified atom stereocenters. The minimum absolute atomic E-state index is 0.0748. The Labute approximate surface area is 130 Å². The van der Waals surface area contributed by atoms with E-state index in [1.54, 1.807) is 42.6 Å². The highest BCUT2D eigenvalue weighted by Gasteiger charge is 2.14. The normalized spacial score (nSPS) is 11.4. The molecule has 0 spiro atoms. The lowest BCUT2D eigenvalue weighted by molar-refractivity contribution is 0.597. The number of nitrogen functional groups attached to an aromatic ring is 1. The van der Waals surface area contributed by atoms with Crippen LogP contribution in [0.1, 0.15) is 0 Å². The second kappa shape index (κ2) is 6.60. The van der Waals surface area contributed by atoms with Gasteiger partial charge in [-0.2, -0.15) is 0 Å². The maximum atomic E-state index is 12.1. The summed E-state index contributed by atoms with van der Waals surface area (Å²) in [5.41, 5.74) is 6.14. The minimum Gasteiger partial charge on any atom is -0.397 e. The Bertz CT molecular complexity index is 671. The molecule has 2 N–H and O–H groups in total. The smallest absolute Gasteiger partial charge is 0.179 e. The number of nitrogens with two attached hydrogens (primary N) is 1. The SMILES string of the molecule is Nc1ccc(SCCS(=O)(=O)c2ccc(Br)cc2)nc1. The van der Waals surface area contributed by atoms with Gasteiger partial charge in [-0.05, 0) is 36.4 Å². The van der Waals surface area contributed by atoms with Crippen LogP contribution in [0.25, 0.3) is 0 Å². The molecule has 0 radical (unpaired) electrons. The van der Waals surface area contributed by atoms with Gasteiger partial charge in [-0.1, -0.05) is 15.9 Å². The van der Waals surface area contributed by atoms with E-state index in [4.69, 9.17) is 5.73 Å². The zero-order valence-electron chi connectivity index (χ0n) is 10.5. The standard InChI is InChI=1S/C13H13BrN2O2S2/c14-10-1-4-12(5-2-10)20(17,18)8-7-19-13-6-3-11(15)9-16-13/h1-6,9H,7-8,15H2. The van der Waals surface area contributed by atoms with E-state index in [9.17, 15) is 8.42 Å². The molecule has 0 aliphatic heterocycles. The van der Waals surface area contributed by atoms with E-state index in [1.165, 1.54) is 11.8 Å². The van der Waals surface area contributed by atoms with Gasteiger partial charge in [0.1, 0.15) is 0 Å². The lowest BCUT2D eigenvalue weighted by Crippen LogP contribution is -2.08. The average Bonchev–Trinajstić information content (AvgIpc) is 2.41. The molecule has 0 saturated heterocycles. The van der Waals surface area contributed by atoms with Crippen LogP contribution in [0.15, 0.2) is 57.0 Å². The van der Waals surface area contributed by atoms with Crippen LogP contribution < -0.4 is 5.73 Å². The van der Waals surface area contributed by atoms with Crippen LogP contribution in [0, 0.1) is 0 Å². The van der Waals surface area contributed by atoms with Gasteiger partial charge in [0.15, 0.2) is 9.84 Å². The highest BCUT2D eigenvalue weighted by atomic mass is 79.9. The van der Waals surface area contributed by atoms with Crippen molar-refractivity contribution < 1.29 is 8.42 Å². The molecule has 1 aromatic heterocycles. The number of thioether (sulfide) groups is 1. The first-order valence-corrected chi connectivity index (χ1v) is 9.23. The Hall–Kier alpha value is -1.05. The molecule has 0 amide bonds. The number of rotatable bonds is 5. The summed E-state index contributed by atoms with van der Waals surface area (Å²) in [5, 5.41) is 0.769. The molecule has 0 saturated carbocycles. The van der Waals surface area contributed by atoms with Gasteiger partial charge in [0, 0.05) is 10.2 Å². The first-order valence-electron chi connectivity index (χ1n) is 5.80. The summed E-state index contributed by atoms with van der Waals surface area (Å²) < 4.78 is 25.1. The fourth-order valence-electron chi connectivity index (χ4n) is 1.49. The van der Waals surface area contributed by atoms with Crippen molar-refractivity contribution in [2.75, 3.05) is 17.2 Å². The van der Waals surface area contributed by atoms with E-state index in [2.05, 4.69) is 20.9 Å². The van der Waals surface area contributed by atoms with Gasteiger partial charge < -0.3 is 5.73 Å². The third-order valence-electron chi connectivity index (χ3n) is 2.53. The monoisotopic (exact) mass is 372 g/mol. The quantitative estimate of drug-likeness (QED) is 0.816. The van der Waals surface area contributed by atoms with E-state index in [0.717, 1.165) is 9.50 Å². The van der Waals surface area contributed by atoms with Gasteiger partial charge in [0.25, 0.3) is 0 Å². The summed E-state index contributed by atoms with van der Waals surface area (Å²) in [6, 6.07) is 10.2.